The monoisotopic (exact) mass is 417 g/mol. The van der Waals surface area contributed by atoms with E-state index < -0.39 is 59.9 Å². The Bertz CT molecular complexity index is 623. The molecule has 0 aliphatic heterocycles. The maximum atomic E-state index is 12.4. The van der Waals surface area contributed by atoms with Crippen LogP contribution in [0.25, 0.3) is 0 Å². The molecule has 0 aliphatic carbocycles. The van der Waals surface area contributed by atoms with Crippen molar-refractivity contribution in [2.24, 2.45) is 17.4 Å². The summed E-state index contributed by atoms with van der Waals surface area (Å²) in [6.07, 6.45) is -1.87. The van der Waals surface area contributed by atoms with E-state index in [1.807, 2.05) is 0 Å². The van der Waals surface area contributed by atoms with Gasteiger partial charge in [0.15, 0.2) is 6.04 Å². The Morgan fingerprint density at radius 3 is 1.86 bits per heavy atom. The van der Waals surface area contributed by atoms with Crippen LogP contribution >= 0.6 is 0 Å². The fraction of sp³-hybridized carbons (Fsp3) is 0.706. The molecule has 12 heteroatoms. The van der Waals surface area contributed by atoms with E-state index in [1.165, 1.54) is 13.8 Å². The summed E-state index contributed by atoms with van der Waals surface area (Å²) in [7, 11) is 0. The van der Waals surface area contributed by atoms with Crippen LogP contribution < -0.4 is 27.4 Å². The van der Waals surface area contributed by atoms with Crippen molar-refractivity contribution in [3.63, 3.8) is 0 Å². The quantitative estimate of drug-likeness (QED) is 0.175. The molecule has 0 heterocycles. The number of carboxylic acid groups (broad SMARTS) is 1. The van der Waals surface area contributed by atoms with Gasteiger partial charge in [-0.05, 0) is 26.2 Å². The molecule has 0 spiro atoms. The van der Waals surface area contributed by atoms with Gasteiger partial charge in [0.25, 0.3) is 0 Å². The summed E-state index contributed by atoms with van der Waals surface area (Å²) < 4.78 is 0. The minimum absolute atomic E-state index is 0.159. The molecular weight excluding hydrogens is 386 g/mol. The van der Waals surface area contributed by atoms with E-state index in [4.69, 9.17) is 16.6 Å². The molecule has 12 nitrogen and oxygen atoms in total. The molecule has 0 bridgehead atoms. The number of nitrogens with two attached hydrogens (primary N) is 2. The van der Waals surface area contributed by atoms with E-state index in [0.717, 1.165) is 0 Å². The minimum Gasteiger partial charge on any atom is -0.480 e. The molecule has 0 aromatic heterocycles. The van der Waals surface area contributed by atoms with Crippen LogP contribution in [0.3, 0.4) is 0 Å². The summed E-state index contributed by atoms with van der Waals surface area (Å²) in [6.45, 7) is 6.02. The normalized spacial score (nSPS) is 16.1. The van der Waals surface area contributed by atoms with Crippen LogP contribution in [-0.2, 0) is 24.0 Å². The van der Waals surface area contributed by atoms with E-state index >= 15 is 0 Å². The van der Waals surface area contributed by atoms with Crippen molar-refractivity contribution >= 4 is 29.6 Å². The van der Waals surface area contributed by atoms with Crippen molar-refractivity contribution in [2.75, 3.05) is 0 Å². The number of primary amides is 1. The van der Waals surface area contributed by atoms with Crippen LogP contribution in [-0.4, -0.2) is 70.1 Å². The van der Waals surface area contributed by atoms with Gasteiger partial charge in [-0.1, -0.05) is 13.8 Å². The van der Waals surface area contributed by atoms with Crippen LogP contribution in [0, 0.1) is 5.92 Å². The van der Waals surface area contributed by atoms with Gasteiger partial charge in [-0.15, -0.1) is 0 Å². The number of hydrogen-bond donors (Lipinski definition) is 7. The summed E-state index contributed by atoms with van der Waals surface area (Å²) >= 11 is 0. The highest BCUT2D eigenvalue weighted by Gasteiger charge is 2.31. The Labute approximate surface area is 168 Å². The molecule has 5 unspecified atom stereocenters. The highest BCUT2D eigenvalue weighted by atomic mass is 16.4. The van der Waals surface area contributed by atoms with Gasteiger partial charge in [0.2, 0.25) is 23.6 Å². The van der Waals surface area contributed by atoms with Gasteiger partial charge in [-0.2, -0.15) is 0 Å². The zero-order chi connectivity index (χ0) is 22.9. The lowest BCUT2D eigenvalue weighted by molar-refractivity contribution is -0.145. The number of amides is 4. The molecule has 0 saturated carbocycles. The third-order valence-electron chi connectivity index (χ3n) is 4.13. The predicted octanol–water partition coefficient (Wildman–Crippen LogP) is -2.83. The molecule has 166 valence electrons. The number of nitrogens with one attached hydrogen (secondary N) is 3. The number of carboxylic acids is 1. The number of rotatable bonds is 12. The van der Waals surface area contributed by atoms with Gasteiger partial charge in [-0.3, -0.25) is 19.2 Å². The first-order chi connectivity index (χ1) is 13.3. The summed E-state index contributed by atoms with van der Waals surface area (Å²) in [5, 5.41) is 25.4. The maximum Gasteiger partial charge on any atom is 0.328 e. The van der Waals surface area contributed by atoms with Crippen LogP contribution in [0.5, 0.6) is 0 Å². The summed E-state index contributed by atoms with van der Waals surface area (Å²) in [5.74, 6) is -4.59. The van der Waals surface area contributed by atoms with E-state index in [9.17, 15) is 29.1 Å². The number of hydrogen-bond acceptors (Lipinski definition) is 7. The molecule has 0 aromatic carbocycles. The van der Waals surface area contributed by atoms with Crippen molar-refractivity contribution in [1.29, 1.82) is 0 Å². The number of carbonyl (C=O) groups excluding carboxylic acids is 4. The zero-order valence-corrected chi connectivity index (χ0v) is 17.0. The van der Waals surface area contributed by atoms with Crippen molar-refractivity contribution in [3.8, 4) is 0 Å². The van der Waals surface area contributed by atoms with Gasteiger partial charge in [0.05, 0.1) is 12.1 Å². The summed E-state index contributed by atoms with van der Waals surface area (Å²) in [6, 6.07) is -4.81. The average Bonchev–Trinajstić information content (AvgIpc) is 2.60. The second kappa shape index (κ2) is 12.0. The molecule has 29 heavy (non-hydrogen) atoms. The van der Waals surface area contributed by atoms with E-state index in [1.54, 1.807) is 13.8 Å². The minimum atomic E-state index is -1.61. The van der Waals surface area contributed by atoms with Gasteiger partial charge < -0.3 is 37.6 Å². The number of carbonyl (C=O) groups is 5. The van der Waals surface area contributed by atoms with Gasteiger partial charge >= 0.3 is 5.97 Å². The summed E-state index contributed by atoms with van der Waals surface area (Å²) in [4.78, 5) is 58.9. The Morgan fingerprint density at radius 2 is 1.45 bits per heavy atom. The van der Waals surface area contributed by atoms with Gasteiger partial charge in [-0.25, -0.2) is 4.79 Å². The molecule has 0 fully saturated rings. The maximum absolute atomic E-state index is 12.4. The molecule has 5 atom stereocenters. The third kappa shape index (κ3) is 9.34. The molecule has 9 N–H and O–H groups in total. The molecule has 0 saturated heterocycles. The smallest absolute Gasteiger partial charge is 0.328 e. The molecule has 0 rings (SSSR count). The van der Waals surface area contributed by atoms with Crippen LogP contribution in [0.15, 0.2) is 0 Å². The lowest BCUT2D eigenvalue weighted by atomic mass is 10.0. The first-order valence-electron chi connectivity index (χ1n) is 9.13. The number of aliphatic hydroxyl groups is 1. The van der Waals surface area contributed by atoms with E-state index in [2.05, 4.69) is 16.0 Å². The second-order valence-electron chi connectivity index (χ2n) is 7.13. The first kappa shape index (κ1) is 26.3. The molecule has 0 aliphatic rings. The SMILES string of the molecule is CC(NC(=O)C(N)C(C)C)C(=O)NC(CCC(N)=O)C(=O)NC(C(=O)O)C(C)O. The number of aliphatic hydroxyl groups excluding tert-OH is 1. The Morgan fingerprint density at radius 1 is 0.897 bits per heavy atom. The largest absolute Gasteiger partial charge is 0.480 e. The van der Waals surface area contributed by atoms with Crippen LogP contribution in [0.4, 0.5) is 0 Å². The zero-order valence-electron chi connectivity index (χ0n) is 17.0. The van der Waals surface area contributed by atoms with Gasteiger partial charge in [0.1, 0.15) is 12.1 Å². The second-order valence-corrected chi connectivity index (χ2v) is 7.13. The fourth-order valence-electron chi connectivity index (χ4n) is 2.17. The summed E-state index contributed by atoms with van der Waals surface area (Å²) in [5.41, 5.74) is 10.8. The standard InChI is InChI=1S/C17H31N5O7/c1-7(2)12(19)16(27)20-8(3)14(25)21-10(5-6-11(18)24)15(26)22-13(9(4)23)17(28)29/h7-10,12-13,23H,5-6,19H2,1-4H3,(H2,18,24)(H,20,27)(H,21,25)(H,22,26)(H,28,29). The topological polar surface area (TPSA) is 214 Å². The molecular formula is C17H31N5O7. The van der Waals surface area contributed by atoms with E-state index in [0.29, 0.717) is 0 Å². The van der Waals surface area contributed by atoms with E-state index in [-0.39, 0.29) is 18.8 Å². The third-order valence-corrected chi connectivity index (χ3v) is 4.13. The van der Waals surface area contributed by atoms with Crippen LogP contribution in [0.1, 0.15) is 40.5 Å². The number of aliphatic carboxylic acids is 1. The lowest BCUT2D eigenvalue weighted by Gasteiger charge is -2.24. The first-order valence-corrected chi connectivity index (χ1v) is 9.13. The highest BCUT2D eigenvalue weighted by molar-refractivity contribution is 5.94. The predicted molar refractivity (Wildman–Crippen MR) is 102 cm³/mol. The highest BCUT2D eigenvalue weighted by Crippen LogP contribution is 2.03. The molecule has 0 radical (unpaired) electrons. The van der Waals surface area contributed by atoms with Gasteiger partial charge in [0, 0.05) is 6.42 Å². The van der Waals surface area contributed by atoms with Crippen molar-refractivity contribution < 1.29 is 34.2 Å². The Hall–Kier alpha value is -2.73. The Kier molecular flexibility index (Phi) is 10.8. The van der Waals surface area contributed by atoms with Crippen LogP contribution in [0.2, 0.25) is 0 Å². The average molecular weight is 417 g/mol. The fourth-order valence-corrected chi connectivity index (χ4v) is 2.17. The Balaban J connectivity index is 5.19. The van der Waals surface area contributed by atoms with Crippen molar-refractivity contribution in [1.82, 2.24) is 16.0 Å². The molecule has 4 amide bonds. The lowest BCUT2D eigenvalue weighted by Crippen LogP contribution is -2.58. The molecule has 0 aromatic rings. The van der Waals surface area contributed by atoms with Crippen molar-refractivity contribution in [2.45, 2.75) is 70.8 Å². The van der Waals surface area contributed by atoms with Crippen molar-refractivity contribution in [3.05, 3.63) is 0 Å².